The van der Waals surface area contributed by atoms with E-state index in [0.29, 0.717) is 17.3 Å². The Labute approximate surface area is 124 Å². The molecule has 1 aromatic rings. The van der Waals surface area contributed by atoms with Crippen molar-refractivity contribution >= 4 is 17.6 Å². The van der Waals surface area contributed by atoms with Crippen LogP contribution in [0.2, 0.25) is 5.02 Å². The summed E-state index contributed by atoms with van der Waals surface area (Å²) in [5.41, 5.74) is 0.751. The molecule has 1 atom stereocenters. The minimum Gasteiger partial charge on any atom is -0.495 e. The van der Waals surface area contributed by atoms with Crippen molar-refractivity contribution in [2.24, 2.45) is 0 Å². The van der Waals surface area contributed by atoms with Crippen LogP contribution in [0.25, 0.3) is 0 Å². The zero-order valence-electron chi connectivity index (χ0n) is 12.3. The Morgan fingerprint density at radius 2 is 2.10 bits per heavy atom. The van der Waals surface area contributed by atoms with E-state index in [4.69, 9.17) is 21.1 Å². The van der Waals surface area contributed by atoms with Gasteiger partial charge in [-0.3, -0.25) is 5.32 Å². The van der Waals surface area contributed by atoms with Gasteiger partial charge in [-0.25, -0.2) is 4.79 Å². The number of hydrogen-bond acceptors (Lipinski definition) is 5. The number of halogens is 1. The van der Waals surface area contributed by atoms with E-state index in [0.717, 1.165) is 12.1 Å². The summed E-state index contributed by atoms with van der Waals surface area (Å²) in [6.45, 7) is 1.48. The Kier molecular flexibility index (Phi) is 6.78. The quantitative estimate of drug-likeness (QED) is 0.777. The van der Waals surface area contributed by atoms with Crippen LogP contribution in [-0.2, 0) is 9.53 Å². The second kappa shape index (κ2) is 8.09. The number of esters is 1. The van der Waals surface area contributed by atoms with Gasteiger partial charge in [-0.15, -0.1) is 0 Å². The summed E-state index contributed by atoms with van der Waals surface area (Å²) >= 11 is 6.09. The number of nitrogens with zero attached hydrogens (tertiary/aromatic N) is 1. The first-order valence-electron chi connectivity index (χ1n) is 6.29. The van der Waals surface area contributed by atoms with Gasteiger partial charge < -0.3 is 14.4 Å². The highest BCUT2D eigenvalue weighted by Gasteiger charge is 2.21. The number of hydrogen-bond donors (Lipinski definition) is 1. The van der Waals surface area contributed by atoms with Crippen molar-refractivity contribution in [1.29, 1.82) is 0 Å². The molecule has 0 amide bonds. The van der Waals surface area contributed by atoms with Crippen molar-refractivity contribution in [2.45, 2.75) is 6.04 Å². The Balaban J connectivity index is 2.87. The standard InChI is InChI=1S/C14H21ClN2O3/c1-17(2)8-7-16-13(14(18)20-4)10-5-6-12(19-3)11(15)9-10/h5-6,9,13,16H,7-8H2,1-4H3. The maximum absolute atomic E-state index is 11.9. The molecule has 0 saturated heterocycles. The minimum atomic E-state index is -0.539. The number of carbonyl (C=O) groups excluding carboxylic acids is 1. The fraction of sp³-hybridized carbons (Fsp3) is 0.500. The van der Waals surface area contributed by atoms with Crippen LogP contribution in [0.15, 0.2) is 18.2 Å². The summed E-state index contributed by atoms with van der Waals surface area (Å²) in [7, 11) is 6.86. The summed E-state index contributed by atoms with van der Waals surface area (Å²) in [6, 6.07) is 4.71. The highest BCUT2D eigenvalue weighted by molar-refractivity contribution is 6.32. The maximum Gasteiger partial charge on any atom is 0.327 e. The Morgan fingerprint density at radius 1 is 1.40 bits per heavy atom. The van der Waals surface area contributed by atoms with Crippen molar-refractivity contribution in [3.8, 4) is 5.75 Å². The molecule has 0 fully saturated rings. The van der Waals surface area contributed by atoms with E-state index < -0.39 is 6.04 Å². The van der Waals surface area contributed by atoms with E-state index in [1.807, 2.05) is 19.0 Å². The lowest BCUT2D eigenvalue weighted by molar-refractivity contribution is -0.143. The molecule has 0 aliphatic rings. The van der Waals surface area contributed by atoms with Gasteiger partial charge in [0.1, 0.15) is 11.8 Å². The molecule has 0 aliphatic carbocycles. The molecule has 112 valence electrons. The SMILES string of the molecule is COC(=O)C(NCCN(C)C)c1ccc(OC)c(Cl)c1. The molecule has 0 radical (unpaired) electrons. The van der Waals surface area contributed by atoms with Crippen LogP contribution < -0.4 is 10.1 Å². The average molecular weight is 301 g/mol. The van der Waals surface area contributed by atoms with Crippen molar-refractivity contribution in [3.63, 3.8) is 0 Å². The lowest BCUT2D eigenvalue weighted by Crippen LogP contribution is -2.34. The number of methoxy groups -OCH3 is 2. The van der Waals surface area contributed by atoms with Gasteiger partial charge in [-0.2, -0.15) is 0 Å². The van der Waals surface area contributed by atoms with Crippen LogP contribution in [0.1, 0.15) is 11.6 Å². The molecule has 0 aromatic heterocycles. The van der Waals surface area contributed by atoms with Crippen LogP contribution >= 0.6 is 11.6 Å². The predicted molar refractivity (Wildman–Crippen MR) is 79.3 cm³/mol. The number of nitrogens with one attached hydrogen (secondary N) is 1. The van der Waals surface area contributed by atoms with Gasteiger partial charge in [0.15, 0.2) is 0 Å². The molecular formula is C14H21ClN2O3. The number of ether oxygens (including phenoxy) is 2. The molecule has 1 unspecified atom stereocenters. The third kappa shape index (κ3) is 4.67. The topological polar surface area (TPSA) is 50.8 Å². The molecule has 20 heavy (non-hydrogen) atoms. The largest absolute Gasteiger partial charge is 0.495 e. The van der Waals surface area contributed by atoms with Gasteiger partial charge in [0.05, 0.1) is 19.2 Å². The van der Waals surface area contributed by atoms with Crippen LogP contribution in [0.3, 0.4) is 0 Å². The molecule has 0 bridgehead atoms. The van der Waals surface area contributed by atoms with Gasteiger partial charge in [0, 0.05) is 13.1 Å². The van der Waals surface area contributed by atoms with Crippen molar-refractivity contribution in [3.05, 3.63) is 28.8 Å². The molecule has 0 heterocycles. The highest BCUT2D eigenvalue weighted by Crippen LogP contribution is 2.28. The predicted octanol–water partition coefficient (Wildman–Crippen LogP) is 1.71. The van der Waals surface area contributed by atoms with Crippen LogP contribution in [-0.4, -0.2) is 52.3 Å². The van der Waals surface area contributed by atoms with E-state index in [1.165, 1.54) is 7.11 Å². The third-order valence-electron chi connectivity index (χ3n) is 2.85. The number of likely N-dealkylation sites (N-methyl/N-ethyl adjacent to an activating group) is 1. The summed E-state index contributed by atoms with van der Waals surface area (Å²) in [6.07, 6.45) is 0. The Hall–Kier alpha value is -1.30. The summed E-state index contributed by atoms with van der Waals surface area (Å²) in [4.78, 5) is 13.9. The fourth-order valence-corrected chi connectivity index (χ4v) is 2.02. The first-order chi connectivity index (χ1) is 9.49. The first kappa shape index (κ1) is 16.8. The Bertz CT molecular complexity index is 452. The summed E-state index contributed by atoms with van der Waals surface area (Å²) in [5.74, 6) is 0.234. The van der Waals surface area contributed by atoms with Crippen LogP contribution in [0.4, 0.5) is 0 Å². The molecule has 1 aromatic carbocycles. The van der Waals surface area contributed by atoms with E-state index in [2.05, 4.69) is 5.32 Å². The normalized spacial score (nSPS) is 12.3. The van der Waals surface area contributed by atoms with E-state index in [1.54, 1.807) is 25.3 Å². The zero-order chi connectivity index (χ0) is 15.1. The molecule has 0 spiro atoms. The van der Waals surface area contributed by atoms with Crippen LogP contribution in [0, 0.1) is 0 Å². The van der Waals surface area contributed by atoms with E-state index in [-0.39, 0.29) is 5.97 Å². The van der Waals surface area contributed by atoms with Gasteiger partial charge in [0.25, 0.3) is 0 Å². The van der Waals surface area contributed by atoms with Crippen molar-refractivity contribution in [2.75, 3.05) is 41.4 Å². The molecular weight excluding hydrogens is 280 g/mol. The highest BCUT2D eigenvalue weighted by atomic mass is 35.5. The number of carbonyl (C=O) groups is 1. The molecule has 1 N–H and O–H groups in total. The molecule has 0 saturated carbocycles. The molecule has 6 heteroatoms. The fourth-order valence-electron chi connectivity index (χ4n) is 1.75. The van der Waals surface area contributed by atoms with Gasteiger partial charge >= 0.3 is 5.97 Å². The molecule has 0 aliphatic heterocycles. The second-order valence-electron chi connectivity index (χ2n) is 4.61. The summed E-state index contributed by atoms with van der Waals surface area (Å²) < 4.78 is 9.94. The van der Waals surface area contributed by atoms with Gasteiger partial charge in [-0.05, 0) is 31.8 Å². The summed E-state index contributed by atoms with van der Waals surface area (Å²) in [5, 5.41) is 3.63. The van der Waals surface area contributed by atoms with E-state index in [9.17, 15) is 4.79 Å². The van der Waals surface area contributed by atoms with Crippen LogP contribution in [0.5, 0.6) is 5.75 Å². The Morgan fingerprint density at radius 3 is 2.60 bits per heavy atom. The number of rotatable bonds is 7. The van der Waals surface area contributed by atoms with Gasteiger partial charge in [-0.1, -0.05) is 17.7 Å². The lowest BCUT2D eigenvalue weighted by atomic mass is 10.1. The molecule has 5 nitrogen and oxygen atoms in total. The zero-order valence-corrected chi connectivity index (χ0v) is 13.0. The number of benzene rings is 1. The monoisotopic (exact) mass is 300 g/mol. The van der Waals surface area contributed by atoms with Crippen molar-refractivity contribution < 1.29 is 14.3 Å². The smallest absolute Gasteiger partial charge is 0.327 e. The second-order valence-corrected chi connectivity index (χ2v) is 5.01. The molecule has 1 rings (SSSR count). The average Bonchev–Trinajstić information content (AvgIpc) is 2.42. The first-order valence-corrected chi connectivity index (χ1v) is 6.66. The van der Waals surface area contributed by atoms with E-state index >= 15 is 0 Å². The van der Waals surface area contributed by atoms with Gasteiger partial charge in [0.2, 0.25) is 0 Å². The minimum absolute atomic E-state index is 0.343. The maximum atomic E-state index is 11.9. The van der Waals surface area contributed by atoms with Crippen molar-refractivity contribution in [1.82, 2.24) is 10.2 Å². The lowest BCUT2D eigenvalue weighted by Gasteiger charge is -2.19. The third-order valence-corrected chi connectivity index (χ3v) is 3.15.